The molecule has 2 aliphatic rings. The molecule has 2 fully saturated rings. The molecule has 2 aromatic heterocycles. The summed E-state index contributed by atoms with van der Waals surface area (Å²) in [6.07, 6.45) is 5.19. The Bertz CT molecular complexity index is 668. The van der Waals surface area contributed by atoms with E-state index in [9.17, 15) is 8.78 Å². The number of nitrogens with one attached hydrogen (secondary N) is 3. The summed E-state index contributed by atoms with van der Waals surface area (Å²) < 4.78 is 26.8. The molecule has 1 unspecified atom stereocenters. The van der Waals surface area contributed by atoms with E-state index in [4.69, 9.17) is 0 Å². The van der Waals surface area contributed by atoms with Crippen molar-refractivity contribution in [3.63, 3.8) is 0 Å². The number of hydrogen-bond acceptors (Lipinski definition) is 4. The van der Waals surface area contributed by atoms with Gasteiger partial charge in [0.2, 0.25) is 0 Å². The molecule has 2 atom stereocenters. The average Bonchev–Trinajstić information content (AvgIpc) is 2.93. The van der Waals surface area contributed by atoms with Crippen LogP contribution in [0.25, 0.3) is 11.0 Å². The average molecular weight is 330 g/mol. The molecule has 0 amide bonds. The molecule has 3 N–H and O–H groups in total. The van der Waals surface area contributed by atoms with Gasteiger partial charge in [-0.1, -0.05) is 0 Å². The molecule has 2 aromatic rings. The quantitative estimate of drug-likeness (QED) is 0.810. The molecule has 0 bridgehead atoms. The van der Waals surface area contributed by atoms with Crippen molar-refractivity contribution in [2.75, 3.05) is 18.4 Å². The Morgan fingerprint density at radius 1 is 1.32 bits per heavy atom. The summed E-state index contributed by atoms with van der Waals surface area (Å²) in [5, 5.41) is 7.42. The van der Waals surface area contributed by atoms with Gasteiger partial charge in [-0.25, -0.2) is 18.7 Å². The fraction of sp³-hybridized carbons (Fsp3) is 0.571. The molecule has 1 saturated heterocycles. The fourth-order valence-corrected chi connectivity index (χ4v) is 3.09. The van der Waals surface area contributed by atoms with Gasteiger partial charge in [0.25, 0.3) is 5.92 Å². The zero-order valence-electron chi connectivity index (χ0n) is 11.9. The summed E-state index contributed by atoms with van der Waals surface area (Å²) in [6, 6.07) is 0.277. The standard InChI is InChI=1S/C14H17F2N5.ClH/c15-14(16)4-10(14)9-6-18-12-11(9)13(20-7-19-12)21-8-2-1-3-17-5-8;/h6-8,10,17H,1-5H2,(H2,18,19,20,21);1H/t8-,10?;/m1./s1. The normalized spacial score (nSPS) is 26.5. The van der Waals surface area contributed by atoms with Gasteiger partial charge < -0.3 is 15.6 Å². The van der Waals surface area contributed by atoms with E-state index in [-0.39, 0.29) is 24.9 Å². The molecule has 8 heteroatoms. The predicted octanol–water partition coefficient (Wildman–Crippen LogP) is 2.67. The minimum absolute atomic E-state index is 0. The van der Waals surface area contributed by atoms with Gasteiger partial charge in [0.1, 0.15) is 17.8 Å². The molecule has 3 heterocycles. The number of aromatic nitrogens is 3. The van der Waals surface area contributed by atoms with Gasteiger partial charge in [-0.3, -0.25) is 0 Å². The fourth-order valence-electron chi connectivity index (χ4n) is 3.09. The van der Waals surface area contributed by atoms with E-state index in [1.807, 2.05) is 0 Å². The molecule has 5 nitrogen and oxygen atoms in total. The number of piperidine rings is 1. The van der Waals surface area contributed by atoms with Crippen LogP contribution in [-0.2, 0) is 0 Å². The topological polar surface area (TPSA) is 65.6 Å². The lowest BCUT2D eigenvalue weighted by Crippen LogP contribution is -2.38. The van der Waals surface area contributed by atoms with Crippen molar-refractivity contribution in [1.82, 2.24) is 20.3 Å². The maximum atomic E-state index is 13.4. The van der Waals surface area contributed by atoms with Crippen LogP contribution in [-0.4, -0.2) is 40.0 Å². The Morgan fingerprint density at radius 2 is 2.14 bits per heavy atom. The summed E-state index contributed by atoms with van der Waals surface area (Å²) in [5.41, 5.74) is 1.25. The molecule has 4 rings (SSSR count). The lowest BCUT2D eigenvalue weighted by atomic mass is 10.1. The number of anilines is 1. The second-order valence-corrected chi connectivity index (χ2v) is 5.90. The molecule has 0 radical (unpaired) electrons. The number of H-pyrrole nitrogens is 1. The van der Waals surface area contributed by atoms with E-state index in [1.165, 1.54) is 6.33 Å². The van der Waals surface area contributed by atoms with E-state index in [1.54, 1.807) is 6.20 Å². The number of aromatic amines is 1. The molecule has 1 saturated carbocycles. The van der Waals surface area contributed by atoms with E-state index in [2.05, 4.69) is 25.6 Å². The summed E-state index contributed by atoms with van der Waals surface area (Å²) >= 11 is 0. The number of fused-ring (bicyclic) bond motifs is 1. The Labute approximate surface area is 132 Å². The van der Waals surface area contributed by atoms with Crippen molar-refractivity contribution >= 4 is 29.3 Å². The van der Waals surface area contributed by atoms with Gasteiger partial charge in [-0.15, -0.1) is 12.4 Å². The highest BCUT2D eigenvalue weighted by Crippen LogP contribution is 2.57. The van der Waals surface area contributed by atoms with E-state index >= 15 is 0 Å². The van der Waals surface area contributed by atoms with Crippen molar-refractivity contribution in [1.29, 1.82) is 0 Å². The third-order valence-electron chi connectivity index (χ3n) is 4.34. The Kier molecular flexibility index (Phi) is 3.94. The van der Waals surface area contributed by atoms with Crippen LogP contribution in [0.2, 0.25) is 0 Å². The predicted molar refractivity (Wildman–Crippen MR) is 83.0 cm³/mol. The van der Waals surface area contributed by atoms with Gasteiger partial charge in [-0.2, -0.15) is 0 Å². The molecule has 120 valence electrons. The maximum absolute atomic E-state index is 13.4. The highest BCUT2D eigenvalue weighted by molar-refractivity contribution is 5.91. The first-order chi connectivity index (χ1) is 10.1. The van der Waals surface area contributed by atoms with Crippen LogP contribution < -0.4 is 10.6 Å². The van der Waals surface area contributed by atoms with Crippen molar-refractivity contribution in [3.05, 3.63) is 18.1 Å². The third kappa shape index (κ3) is 2.63. The van der Waals surface area contributed by atoms with Gasteiger partial charge in [0.05, 0.1) is 11.3 Å². The van der Waals surface area contributed by atoms with E-state index in [0.29, 0.717) is 22.4 Å². The van der Waals surface area contributed by atoms with Crippen LogP contribution in [0.4, 0.5) is 14.6 Å². The first kappa shape index (κ1) is 15.4. The molecule has 0 spiro atoms. The highest BCUT2D eigenvalue weighted by atomic mass is 35.5. The third-order valence-corrected chi connectivity index (χ3v) is 4.34. The summed E-state index contributed by atoms with van der Waals surface area (Å²) in [4.78, 5) is 11.4. The van der Waals surface area contributed by atoms with Crippen LogP contribution in [0.3, 0.4) is 0 Å². The van der Waals surface area contributed by atoms with Gasteiger partial charge in [0.15, 0.2) is 0 Å². The van der Waals surface area contributed by atoms with E-state index < -0.39 is 11.8 Å². The number of alkyl halides is 2. The number of halogens is 3. The van der Waals surface area contributed by atoms with Crippen LogP contribution in [0.1, 0.15) is 30.7 Å². The lowest BCUT2D eigenvalue weighted by molar-refractivity contribution is 0.112. The van der Waals surface area contributed by atoms with Crippen molar-refractivity contribution in [3.8, 4) is 0 Å². The van der Waals surface area contributed by atoms with Gasteiger partial charge in [-0.05, 0) is 24.9 Å². The number of hydrogen-bond donors (Lipinski definition) is 3. The molecule has 1 aliphatic heterocycles. The summed E-state index contributed by atoms with van der Waals surface area (Å²) in [7, 11) is 0. The second-order valence-electron chi connectivity index (χ2n) is 5.90. The molecule has 1 aliphatic carbocycles. The summed E-state index contributed by atoms with van der Waals surface area (Å²) in [5.74, 6) is -2.64. The van der Waals surface area contributed by atoms with Gasteiger partial charge >= 0.3 is 0 Å². The SMILES string of the molecule is Cl.FC1(F)CC1c1c[nH]c2ncnc(N[C@@H]3CCCNC3)c12. The monoisotopic (exact) mass is 329 g/mol. The molecule has 22 heavy (non-hydrogen) atoms. The Morgan fingerprint density at radius 3 is 2.82 bits per heavy atom. The van der Waals surface area contributed by atoms with Crippen molar-refractivity contribution in [2.45, 2.75) is 37.1 Å². The number of rotatable bonds is 3. The van der Waals surface area contributed by atoms with Crippen molar-refractivity contribution < 1.29 is 8.78 Å². The largest absolute Gasteiger partial charge is 0.365 e. The Balaban J connectivity index is 0.00000144. The number of nitrogens with zero attached hydrogens (tertiary/aromatic N) is 2. The van der Waals surface area contributed by atoms with Crippen LogP contribution in [0.15, 0.2) is 12.5 Å². The van der Waals surface area contributed by atoms with Crippen LogP contribution in [0, 0.1) is 0 Å². The first-order valence-corrected chi connectivity index (χ1v) is 7.32. The van der Waals surface area contributed by atoms with Crippen molar-refractivity contribution in [2.24, 2.45) is 0 Å². The first-order valence-electron chi connectivity index (χ1n) is 7.32. The molecular weight excluding hydrogens is 312 g/mol. The summed E-state index contributed by atoms with van der Waals surface area (Å²) in [6.45, 7) is 1.89. The lowest BCUT2D eigenvalue weighted by Gasteiger charge is -2.24. The highest BCUT2D eigenvalue weighted by Gasteiger charge is 2.58. The zero-order chi connectivity index (χ0) is 14.4. The van der Waals surface area contributed by atoms with E-state index in [0.717, 1.165) is 25.9 Å². The maximum Gasteiger partial charge on any atom is 0.256 e. The van der Waals surface area contributed by atoms with Gasteiger partial charge in [0, 0.05) is 25.2 Å². The molecule has 0 aromatic carbocycles. The smallest absolute Gasteiger partial charge is 0.256 e. The minimum atomic E-state index is -2.59. The van der Waals surface area contributed by atoms with Crippen LogP contribution >= 0.6 is 12.4 Å². The Hall–Kier alpha value is -1.47. The molecular formula is C14H18ClF2N5. The second kappa shape index (κ2) is 5.62. The van der Waals surface area contributed by atoms with Crippen LogP contribution in [0.5, 0.6) is 0 Å². The minimum Gasteiger partial charge on any atom is -0.365 e. The zero-order valence-corrected chi connectivity index (χ0v) is 12.7.